The summed E-state index contributed by atoms with van der Waals surface area (Å²) in [5.74, 6) is 0.659. The van der Waals surface area contributed by atoms with E-state index in [2.05, 4.69) is 5.32 Å². The Bertz CT molecular complexity index is 989. The highest BCUT2D eigenvalue weighted by atomic mass is 32.2. The zero-order valence-electron chi connectivity index (χ0n) is 16.2. The predicted molar refractivity (Wildman–Crippen MR) is 108 cm³/mol. The fraction of sp³-hybridized carbons (Fsp3) is 0.368. The maximum Gasteiger partial charge on any atom is 0.270 e. The molecular formula is C19H23N3O6S. The van der Waals surface area contributed by atoms with E-state index in [1.165, 1.54) is 16.4 Å². The zero-order chi connectivity index (χ0) is 21.0. The molecule has 1 atom stereocenters. The molecule has 156 valence electrons. The van der Waals surface area contributed by atoms with Gasteiger partial charge >= 0.3 is 0 Å². The lowest BCUT2D eigenvalue weighted by Gasteiger charge is -2.27. The molecule has 1 aliphatic rings. The van der Waals surface area contributed by atoms with Crippen molar-refractivity contribution in [2.24, 2.45) is 0 Å². The van der Waals surface area contributed by atoms with E-state index in [9.17, 15) is 18.5 Å². The molecule has 0 bridgehead atoms. The van der Waals surface area contributed by atoms with E-state index in [-0.39, 0.29) is 42.9 Å². The Kier molecular flexibility index (Phi) is 6.36. The van der Waals surface area contributed by atoms with Crippen LogP contribution in [0, 0.1) is 10.1 Å². The van der Waals surface area contributed by atoms with Crippen LogP contribution in [0.15, 0.2) is 47.4 Å². The fourth-order valence-electron chi connectivity index (χ4n) is 3.22. The van der Waals surface area contributed by atoms with Crippen LogP contribution >= 0.6 is 0 Å². The summed E-state index contributed by atoms with van der Waals surface area (Å²) in [6.45, 7) is 2.84. The first kappa shape index (κ1) is 21.0. The number of methoxy groups -OCH3 is 1. The summed E-state index contributed by atoms with van der Waals surface area (Å²) in [4.78, 5) is 10.5. The Morgan fingerprint density at radius 2 is 1.90 bits per heavy atom. The highest BCUT2D eigenvalue weighted by molar-refractivity contribution is 7.89. The standard InChI is InChI=1S/C19H23N3O6S/c1-14(16-5-3-4-6-18(16)27-2)20-17-8-7-15(22(23)24)13-19(17)29(25,26)21-9-11-28-12-10-21/h3-8,13-14,20H,9-12H2,1-2H3/t14-/m0/s1. The van der Waals surface area contributed by atoms with E-state index >= 15 is 0 Å². The summed E-state index contributed by atoms with van der Waals surface area (Å²) < 4.78 is 38.3. The first-order valence-electron chi connectivity index (χ1n) is 9.10. The SMILES string of the molecule is COc1ccccc1[C@H](C)Nc1ccc([N+](=O)[O-])cc1S(=O)(=O)N1CCOCC1. The Morgan fingerprint density at radius 1 is 1.21 bits per heavy atom. The first-order chi connectivity index (χ1) is 13.8. The van der Waals surface area contributed by atoms with E-state index in [1.54, 1.807) is 7.11 Å². The van der Waals surface area contributed by atoms with Crippen molar-refractivity contribution in [1.82, 2.24) is 4.31 Å². The number of benzene rings is 2. The fourth-order valence-corrected chi connectivity index (χ4v) is 4.80. The molecule has 0 saturated carbocycles. The van der Waals surface area contributed by atoms with Gasteiger partial charge in [-0.1, -0.05) is 18.2 Å². The quantitative estimate of drug-likeness (QED) is 0.540. The van der Waals surface area contributed by atoms with Gasteiger partial charge in [0.1, 0.15) is 10.6 Å². The van der Waals surface area contributed by atoms with Crippen molar-refractivity contribution >= 4 is 21.4 Å². The van der Waals surface area contributed by atoms with Gasteiger partial charge in [-0.05, 0) is 19.1 Å². The number of anilines is 1. The molecule has 1 saturated heterocycles. The van der Waals surface area contributed by atoms with Gasteiger partial charge in [0.15, 0.2) is 0 Å². The van der Waals surface area contributed by atoms with Gasteiger partial charge in [0.25, 0.3) is 5.69 Å². The molecule has 29 heavy (non-hydrogen) atoms. The first-order valence-corrected chi connectivity index (χ1v) is 10.5. The highest BCUT2D eigenvalue weighted by Crippen LogP contribution is 2.33. The molecule has 0 aliphatic carbocycles. The molecule has 0 aromatic heterocycles. The second-order valence-corrected chi connectivity index (χ2v) is 8.47. The van der Waals surface area contributed by atoms with Gasteiger partial charge in [0.05, 0.1) is 37.0 Å². The van der Waals surface area contributed by atoms with Crippen LogP contribution in [0.3, 0.4) is 0 Å². The van der Waals surface area contributed by atoms with Crippen molar-refractivity contribution in [3.05, 3.63) is 58.1 Å². The third kappa shape index (κ3) is 4.50. The summed E-state index contributed by atoms with van der Waals surface area (Å²) >= 11 is 0. The van der Waals surface area contributed by atoms with Crippen molar-refractivity contribution in [1.29, 1.82) is 0 Å². The molecule has 1 heterocycles. The predicted octanol–water partition coefficient (Wildman–Crippen LogP) is 2.80. The monoisotopic (exact) mass is 421 g/mol. The Labute approximate surface area is 169 Å². The summed E-state index contributed by atoms with van der Waals surface area (Å²) in [7, 11) is -2.38. The number of rotatable bonds is 7. The average Bonchev–Trinajstić information content (AvgIpc) is 2.74. The van der Waals surface area contributed by atoms with Crippen LogP contribution in [-0.4, -0.2) is 51.1 Å². The molecule has 1 N–H and O–H groups in total. The number of morpholine rings is 1. The highest BCUT2D eigenvalue weighted by Gasteiger charge is 2.31. The Balaban J connectivity index is 2.01. The molecule has 10 heteroatoms. The number of non-ortho nitro benzene ring substituents is 1. The van der Waals surface area contributed by atoms with Crippen molar-refractivity contribution in [3.63, 3.8) is 0 Å². The van der Waals surface area contributed by atoms with E-state index in [1.807, 2.05) is 31.2 Å². The lowest BCUT2D eigenvalue weighted by molar-refractivity contribution is -0.385. The van der Waals surface area contributed by atoms with E-state index in [0.29, 0.717) is 11.4 Å². The van der Waals surface area contributed by atoms with Gasteiger partial charge in [0.2, 0.25) is 10.0 Å². The normalized spacial score (nSPS) is 16.2. The van der Waals surface area contributed by atoms with E-state index in [4.69, 9.17) is 9.47 Å². The maximum absolute atomic E-state index is 13.2. The third-order valence-electron chi connectivity index (χ3n) is 4.74. The van der Waals surface area contributed by atoms with E-state index < -0.39 is 14.9 Å². The minimum atomic E-state index is -3.94. The third-order valence-corrected chi connectivity index (χ3v) is 6.68. The van der Waals surface area contributed by atoms with Crippen LogP contribution in [-0.2, 0) is 14.8 Å². The molecule has 1 fully saturated rings. The minimum Gasteiger partial charge on any atom is -0.496 e. The van der Waals surface area contributed by atoms with Crippen molar-refractivity contribution < 1.29 is 22.8 Å². The van der Waals surface area contributed by atoms with Crippen LogP contribution in [0.1, 0.15) is 18.5 Å². The number of ether oxygens (including phenoxy) is 2. The van der Waals surface area contributed by atoms with Crippen LogP contribution in [0.25, 0.3) is 0 Å². The summed E-state index contributed by atoms with van der Waals surface area (Å²) in [5.41, 5.74) is 0.843. The number of nitro benzene ring substituents is 1. The van der Waals surface area contributed by atoms with Crippen LogP contribution < -0.4 is 10.1 Å². The lowest BCUT2D eigenvalue weighted by atomic mass is 10.1. The number of nitrogens with zero attached hydrogens (tertiary/aromatic N) is 2. The molecular weight excluding hydrogens is 398 g/mol. The molecule has 1 aliphatic heterocycles. The summed E-state index contributed by atoms with van der Waals surface area (Å²) in [5, 5.41) is 14.4. The second-order valence-electron chi connectivity index (χ2n) is 6.56. The molecule has 0 unspecified atom stereocenters. The molecule has 3 rings (SSSR count). The number of sulfonamides is 1. The number of hydrogen-bond acceptors (Lipinski definition) is 7. The average molecular weight is 421 g/mol. The Hall–Kier alpha value is -2.69. The smallest absolute Gasteiger partial charge is 0.270 e. The second kappa shape index (κ2) is 8.76. The number of nitro groups is 1. The van der Waals surface area contributed by atoms with Crippen LogP contribution in [0.5, 0.6) is 5.75 Å². The Morgan fingerprint density at radius 3 is 2.55 bits per heavy atom. The summed E-state index contributed by atoms with van der Waals surface area (Å²) in [6, 6.07) is 10.9. The zero-order valence-corrected chi connectivity index (χ0v) is 17.0. The van der Waals surface area contributed by atoms with Gasteiger partial charge in [-0.15, -0.1) is 0 Å². The molecule has 0 amide bonds. The van der Waals surface area contributed by atoms with Gasteiger partial charge in [-0.25, -0.2) is 8.42 Å². The molecule has 9 nitrogen and oxygen atoms in total. The van der Waals surface area contributed by atoms with Gasteiger partial charge in [-0.2, -0.15) is 4.31 Å². The van der Waals surface area contributed by atoms with Crippen LogP contribution in [0.2, 0.25) is 0 Å². The molecule has 2 aromatic rings. The lowest BCUT2D eigenvalue weighted by Crippen LogP contribution is -2.40. The number of hydrogen-bond donors (Lipinski definition) is 1. The molecule has 2 aromatic carbocycles. The molecule has 0 radical (unpaired) electrons. The number of nitrogens with one attached hydrogen (secondary N) is 1. The number of para-hydroxylation sites is 1. The maximum atomic E-state index is 13.2. The summed E-state index contributed by atoms with van der Waals surface area (Å²) in [6.07, 6.45) is 0. The minimum absolute atomic E-state index is 0.129. The van der Waals surface area contributed by atoms with Crippen molar-refractivity contribution in [2.45, 2.75) is 17.9 Å². The van der Waals surface area contributed by atoms with Crippen LogP contribution in [0.4, 0.5) is 11.4 Å². The van der Waals surface area contributed by atoms with Crippen molar-refractivity contribution in [2.75, 3.05) is 38.7 Å². The van der Waals surface area contributed by atoms with E-state index in [0.717, 1.165) is 11.6 Å². The van der Waals surface area contributed by atoms with Gasteiger partial charge in [0, 0.05) is 30.8 Å². The van der Waals surface area contributed by atoms with Crippen molar-refractivity contribution in [3.8, 4) is 5.75 Å². The largest absolute Gasteiger partial charge is 0.496 e. The topological polar surface area (TPSA) is 111 Å². The van der Waals surface area contributed by atoms with Gasteiger partial charge in [-0.3, -0.25) is 10.1 Å². The molecule has 0 spiro atoms. The van der Waals surface area contributed by atoms with Gasteiger partial charge < -0.3 is 14.8 Å².